The Bertz CT molecular complexity index is 912. The highest BCUT2D eigenvalue weighted by Gasteiger charge is 2.42. The molecular weight excluding hydrogens is 391 g/mol. The van der Waals surface area contributed by atoms with Crippen LogP contribution in [-0.4, -0.2) is 33.2 Å². The van der Waals surface area contributed by atoms with Crippen LogP contribution in [0.15, 0.2) is 53.4 Å². The number of hydrogen-bond acceptors (Lipinski definition) is 6. The van der Waals surface area contributed by atoms with Crippen LogP contribution < -0.4 is 4.74 Å². The molecule has 0 spiro atoms. The summed E-state index contributed by atoms with van der Waals surface area (Å²) in [6, 6.07) is 8.78. The molecule has 27 heavy (non-hydrogen) atoms. The standard InChI is InChI=1S/C16H14F3NO6S/c1-25-13-7-5-11(6-8-13)15(16(17,18)19)10-26-27(23,24)14-4-2-3-12(9-14)20(21)22/h2-9,15H,10H2,1H3/t15-/m0/s1. The van der Waals surface area contributed by atoms with Gasteiger partial charge in [0.05, 0.1) is 18.6 Å². The number of methoxy groups -OCH3 is 1. The number of halogens is 3. The Morgan fingerprint density at radius 2 is 1.78 bits per heavy atom. The lowest BCUT2D eigenvalue weighted by Crippen LogP contribution is -2.26. The number of nitrogens with zero attached hydrogens (tertiary/aromatic N) is 1. The zero-order chi connectivity index (χ0) is 20.2. The van der Waals surface area contributed by atoms with Crippen LogP contribution >= 0.6 is 0 Å². The Balaban J connectivity index is 2.25. The van der Waals surface area contributed by atoms with Gasteiger partial charge in [0.25, 0.3) is 15.8 Å². The van der Waals surface area contributed by atoms with Gasteiger partial charge in [-0.05, 0) is 23.8 Å². The molecule has 0 aliphatic rings. The highest BCUT2D eigenvalue weighted by molar-refractivity contribution is 7.86. The lowest BCUT2D eigenvalue weighted by molar-refractivity contribution is -0.385. The monoisotopic (exact) mass is 405 g/mol. The van der Waals surface area contributed by atoms with Gasteiger partial charge < -0.3 is 4.74 Å². The summed E-state index contributed by atoms with van der Waals surface area (Å²) in [6.45, 7) is -1.21. The van der Waals surface area contributed by atoms with E-state index >= 15 is 0 Å². The molecule has 0 amide bonds. The molecular formula is C16H14F3NO6S. The summed E-state index contributed by atoms with van der Waals surface area (Å²) in [4.78, 5) is 9.30. The van der Waals surface area contributed by atoms with Crippen molar-refractivity contribution in [2.45, 2.75) is 17.0 Å². The van der Waals surface area contributed by atoms with Gasteiger partial charge in [-0.15, -0.1) is 0 Å². The maximum Gasteiger partial charge on any atom is 0.398 e. The number of alkyl halides is 3. The normalized spacial score (nSPS) is 13.2. The maximum atomic E-state index is 13.3. The van der Waals surface area contributed by atoms with Gasteiger partial charge in [-0.2, -0.15) is 21.6 Å². The van der Waals surface area contributed by atoms with E-state index in [0.717, 1.165) is 30.3 Å². The van der Waals surface area contributed by atoms with Gasteiger partial charge in [-0.3, -0.25) is 14.3 Å². The van der Waals surface area contributed by atoms with Crippen LogP contribution in [0.5, 0.6) is 5.75 Å². The number of rotatable bonds is 7. The maximum absolute atomic E-state index is 13.3. The van der Waals surface area contributed by atoms with E-state index in [1.165, 1.54) is 19.2 Å². The number of hydrogen-bond donors (Lipinski definition) is 0. The summed E-state index contributed by atoms with van der Waals surface area (Å²) in [7, 11) is -3.27. The van der Waals surface area contributed by atoms with Gasteiger partial charge in [0.15, 0.2) is 0 Å². The third-order valence-electron chi connectivity index (χ3n) is 3.62. The summed E-state index contributed by atoms with van der Waals surface area (Å²) < 4.78 is 73.7. The molecule has 2 rings (SSSR count). The van der Waals surface area contributed by atoms with Crippen LogP contribution in [0.25, 0.3) is 0 Å². The van der Waals surface area contributed by atoms with Crippen LogP contribution in [0.4, 0.5) is 18.9 Å². The molecule has 0 bridgehead atoms. The molecule has 0 N–H and O–H groups in total. The third-order valence-corrected chi connectivity index (χ3v) is 4.90. The second kappa shape index (κ2) is 7.92. The van der Waals surface area contributed by atoms with E-state index < -0.39 is 44.3 Å². The molecule has 0 saturated carbocycles. The average molecular weight is 405 g/mol. The fourth-order valence-corrected chi connectivity index (χ4v) is 3.16. The Kier molecular flexibility index (Phi) is 6.06. The number of benzene rings is 2. The van der Waals surface area contributed by atoms with Crippen molar-refractivity contribution in [3.63, 3.8) is 0 Å². The van der Waals surface area contributed by atoms with E-state index in [9.17, 15) is 31.7 Å². The van der Waals surface area contributed by atoms with E-state index in [4.69, 9.17) is 4.74 Å². The van der Waals surface area contributed by atoms with Crippen LogP contribution in [0.2, 0.25) is 0 Å². The van der Waals surface area contributed by atoms with Crippen molar-refractivity contribution in [3.8, 4) is 5.75 Å². The van der Waals surface area contributed by atoms with Gasteiger partial charge in [-0.25, -0.2) is 0 Å². The fraction of sp³-hybridized carbons (Fsp3) is 0.250. The van der Waals surface area contributed by atoms with Crippen molar-refractivity contribution >= 4 is 15.8 Å². The predicted octanol–water partition coefficient (Wildman–Crippen LogP) is 3.65. The van der Waals surface area contributed by atoms with Crippen molar-refractivity contribution in [3.05, 3.63) is 64.2 Å². The first-order valence-corrected chi connectivity index (χ1v) is 8.80. The summed E-state index contributed by atoms with van der Waals surface area (Å²) in [5.74, 6) is -1.87. The van der Waals surface area contributed by atoms with Crippen molar-refractivity contribution in [1.29, 1.82) is 0 Å². The van der Waals surface area contributed by atoms with Crippen molar-refractivity contribution < 1.29 is 35.4 Å². The predicted molar refractivity (Wildman–Crippen MR) is 88.0 cm³/mol. The first-order valence-electron chi connectivity index (χ1n) is 7.39. The first-order chi connectivity index (χ1) is 12.5. The largest absolute Gasteiger partial charge is 0.497 e. The lowest BCUT2D eigenvalue weighted by atomic mass is 9.99. The van der Waals surface area contributed by atoms with E-state index in [1.54, 1.807) is 0 Å². The molecule has 1 atom stereocenters. The molecule has 0 aromatic heterocycles. The third kappa shape index (κ3) is 5.17. The van der Waals surface area contributed by atoms with Crippen molar-refractivity contribution in [2.75, 3.05) is 13.7 Å². The molecule has 0 fully saturated rings. The molecule has 7 nitrogen and oxygen atoms in total. The van der Waals surface area contributed by atoms with Crippen molar-refractivity contribution in [2.24, 2.45) is 0 Å². The van der Waals surface area contributed by atoms with E-state index in [0.29, 0.717) is 11.8 Å². The number of nitro benzene ring substituents is 1. The van der Waals surface area contributed by atoms with Gasteiger partial charge in [0.1, 0.15) is 16.6 Å². The Labute approximate surface area is 152 Å². The second-order valence-electron chi connectivity index (χ2n) is 5.36. The summed E-state index contributed by atoms with van der Waals surface area (Å²) >= 11 is 0. The van der Waals surface area contributed by atoms with E-state index in [2.05, 4.69) is 4.18 Å². The molecule has 0 heterocycles. The van der Waals surface area contributed by atoms with Gasteiger partial charge in [0.2, 0.25) is 0 Å². The highest BCUT2D eigenvalue weighted by Crippen LogP contribution is 2.36. The molecule has 0 unspecified atom stereocenters. The quantitative estimate of drug-likeness (QED) is 0.396. The van der Waals surface area contributed by atoms with Crippen LogP contribution in [0.1, 0.15) is 11.5 Å². The minimum atomic E-state index is -4.77. The Morgan fingerprint density at radius 3 is 2.30 bits per heavy atom. The highest BCUT2D eigenvalue weighted by atomic mass is 32.2. The second-order valence-corrected chi connectivity index (χ2v) is 6.98. The minimum Gasteiger partial charge on any atom is -0.497 e. The SMILES string of the molecule is COc1ccc([C@H](COS(=O)(=O)c2cccc([N+](=O)[O-])c2)C(F)(F)F)cc1. The lowest BCUT2D eigenvalue weighted by Gasteiger charge is -2.20. The fourth-order valence-electron chi connectivity index (χ4n) is 2.19. The molecule has 2 aromatic carbocycles. The zero-order valence-electron chi connectivity index (χ0n) is 13.8. The molecule has 2 aromatic rings. The van der Waals surface area contributed by atoms with E-state index in [-0.39, 0.29) is 5.56 Å². The van der Waals surface area contributed by atoms with Crippen LogP contribution in [-0.2, 0) is 14.3 Å². The van der Waals surface area contributed by atoms with Gasteiger partial charge in [0, 0.05) is 12.1 Å². The van der Waals surface area contributed by atoms with Crippen LogP contribution in [0.3, 0.4) is 0 Å². The zero-order valence-corrected chi connectivity index (χ0v) is 14.7. The van der Waals surface area contributed by atoms with Crippen LogP contribution in [0, 0.1) is 10.1 Å². The molecule has 0 aliphatic carbocycles. The first kappa shape index (κ1) is 20.6. The minimum absolute atomic E-state index is 0.211. The number of non-ortho nitro benzene ring substituents is 1. The molecule has 0 radical (unpaired) electrons. The average Bonchev–Trinajstić information content (AvgIpc) is 2.61. The topological polar surface area (TPSA) is 95.7 Å². The number of ether oxygens (including phenoxy) is 1. The summed E-state index contributed by atoms with van der Waals surface area (Å²) in [5, 5.41) is 10.7. The molecule has 11 heteroatoms. The Morgan fingerprint density at radius 1 is 1.15 bits per heavy atom. The summed E-state index contributed by atoms with van der Waals surface area (Å²) in [6.07, 6.45) is -4.77. The van der Waals surface area contributed by atoms with E-state index in [1.807, 2.05) is 0 Å². The molecule has 0 aliphatic heterocycles. The summed E-state index contributed by atoms with van der Waals surface area (Å²) in [5.41, 5.74) is -0.736. The molecule has 0 saturated heterocycles. The van der Waals surface area contributed by atoms with Gasteiger partial charge in [-0.1, -0.05) is 18.2 Å². The smallest absolute Gasteiger partial charge is 0.398 e. The Hall–Kier alpha value is -2.66. The number of nitro groups is 1. The molecule has 146 valence electrons. The van der Waals surface area contributed by atoms with Gasteiger partial charge >= 0.3 is 6.18 Å². The van der Waals surface area contributed by atoms with Crippen molar-refractivity contribution in [1.82, 2.24) is 0 Å².